The molecule has 1 rings (SSSR count). The lowest BCUT2D eigenvalue weighted by atomic mass is 10.1. The molecule has 0 saturated heterocycles. The molecule has 0 unspecified atom stereocenters. The minimum Gasteiger partial charge on any atom is -0.296 e. The molecule has 0 spiro atoms. The molecule has 0 bridgehead atoms. The van der Waals surface area contributed by atoms with Gasteiger partial charge in [0.25, 0.3) is 0 Å². The molecule has 0 aromatic heterocycles. The summed E-state index contributed by atoms with van der Waals surface area (Å²) < 4.78 is 2.78. The number of hydrogen-bond donors (Lipinski definition) is 1. The molecule has 0 aliphatic rings. The Morgan fingerprint density at radius 2 is 2.27 bits per heavy atom. The van der Waals surface area contributed by atoms with Gasteiger partial charge >= 0.3 is 0 Å². The molecule has 0 saturated carbocycles. The van der Waals surface area contributed by atoms with Crippen molar-refractivity contribution in [3.63, 3.8) is 0 Å². The first-order valence-electron chi connectivity index (χ1n) is 4.79. The van der Waals surface area contributed by atoms with E-state index in [1.54, 1.807) is 0 Å². The molecular formula is C11H14ClNOS. The van der Waals surface area contributed by atoms with Gasteiger partial charge in [-0.3, -0.25) is 9.52 Å². The molecule has 0 aliphatic heterocycles. The number of amides is 1. The van der Waals surface area contributed by atoms with Crippen LogP contribution in [0.2, 0.25) is 5.02 Å². The second-order valence-corrected chi connectivity index (χ2v) is 5.00. The Labute approximate surface area is 99.5 Å². The average molecular weight is 244 g/mol. The summed E-state index contributed by atoms with van der Waals surface area (Å²) in [6, 6.07) is 7.40. The smallest absolute Gasteiger partial charge is 0.230 e. The van der Waals surface area contributed by atoms with Gasteiger partial charge in [-0.05, 0) is 36.1 Å². The third-order valence-electron chi connectivity index (χ3n) is 1.67. The summed E-state index contributed by atoms with van der Waals surface area (Å²) >= 11 is 7.12. The van der Waals surface area contributed by atoms with Gasteiger partial charge in [-0.15, -0.1) is 0 Å². The lowest BCUT2D eigenvalue weighted by Crippen LogP contribution is -2.17. The maximum absolute atomic E-state index is 11.3. The maximum Gasteiger partial charge on any atom is 0.230 e. The number of rotatable bonds is 4. The van der Waals surface area contributed by atoms with E-state index in [2.05, 4.69) is 4.72 Å². The molecule has 0 atom stereocenters. The van der Waals surface area contributed by atoms with Crippen molar-refractivity contribution >= 4 is 29.5 Å². The van der Waals surface area contributed by atoms with Gasteiger partial charge in [-0.1, -0.05) is 31.5 Å². The fraction of sp³-hybridized carbons (Fsp3) is 0.364. The van der Waals surface area contributed by atoms with Crippen molar-refractivity contribution in [2.24, 2.45) is 5.92 Å². The van der Waals surface area contributed by atoms with Crippen molar-refractivity contribution in [1.82, 2.24) is 4.72 Å². The van der Waals surface area contributed by atoms with Crippen LogP contribution in [0.4, 0.5) is 0 Å². The van der Waals surface area contributed by atoms with E-state index in [1.807, 2.05) is 38.1 Å². The Bertz CT molecular complexity index is 341. The van der Waals surface area contributed by atoms with Crippen LogP contribution in [-0.4, -0.2) is 5.91 Å². The summed E-state index contributed by atoms with van der Waals surface area (Å²) in [5.74, 6) is 0.430. The first kappa shape index (κ1) is 12.4. The van der Waals surface area contributed by atoms with E-state index in [0.29, 0.717) is 17.4 Å². The number of carbonyl (C=O) groups excluding carboxylic acids is 1. The van der Waals surface area contributed by atoms with E-state index in [0.717, 1.165) is 4.90 Å². The second-order valence-electron chi connectivity index (χ2n) is 3.68. The summed E-state index contributed by atoms with van der Waals surface area (Å²) in [5.41, 5.74) is 0. The second kappa shape index (κ2) is 6.03. The van der Waals surface area contributed by atoms with E-state index in [-0.39, 0.29) is 5.91 Å². The number of halogens is 1. The minimum atomic E-state index is 0.0509. The zero-order valence-corrected chi connectivity index (χ0v) is 10.4. The van der Waals surface area contributed by atoms with Gasteiger partial charge in [0.15, 0.2) is 0 Å². The van der Waals surface area contributed by atoms with Gasteiger partial charge in [0.05, 0.1) is 0 Å². The third kappa shape index (κ3) is 5.09. The lowest BCUT2D eigenvalue weighted by Gasteiger charge is -2.06. The molecule has 0 fully saturated rings. The SMILES string of the molecule is CC(C)CC(=O)NSc1cccc(Cl)c1. The van der Waals surface area contributed by atoms with Crippen molar-refractivity contribution in [3.05, 3.63) is 29.3 Å². The number of nitrogens with one attached hydrogen (secondary N) is 1. The van der Waals surface area contributed by atoms with E-state index in [4.69, 9.17) is 11.6 Å². The third-order valence-corrected chi connectivity index (χ3v) is 2.73. The van der Waals surface area contributed by atoms with E-state index >= 15 is 0 Å². The molecule has 15 heavy (non-hydrogen) atoms. The predicted molar refractivity (Wildman–Crippen MR) is 64.9 cm³/mol. The molecule has 1 amide bonds. The molecular weight excluding hydrogens is 230 g/mol. The normalized spacial score (nSPS) is 10.4. The maximum atomic E-state index is 11.3. The zero-order valence-electron chi connectivity index (χ0n) is 8.79. The highest BCUT2D eigenvalue weighted by Crippen LogP contribution is 2.19. The fourth-order valence-electron chi connectivity index (χ4n) is 1.06. The van der Waals surface area contributed by atoms with E-state index < -0.39 is 0 Å². The Morgan fingerprint density at radius 1 is 1.53 bits per heavy atom. The Balaban J connectivity index is 2.40. The van der Waals surface area contributed by atoms with Gasteiger partial charge in [-0.2, -0.15) is 0 Å². The summed E-state index contributed by atoms with van der Waals surface area (Å²) in [4.78, 5) is 12.3. The quantitative estimate of drug-likeness (QED) is 0.820. The van der Waals surface area contributed by atoms with Crippen LogP contribution in [0.15, 0.2) is 29.2 Å². The molecule has 0 aliphatic carbocycles. The largest absolute Gasteiger partial charge is 0.296 e. The van der Waals surface area contributed by atoms with Crippen molar-refractivity contribution in [2.75, 3.05) is 0 Å². The Hall–Kier alpha value is -0.670. The van der Waals surface area contributed by atoms with Crippen LogP contribution in [-0.2, 0) is 4.79 Å². The van der Waals surface area contributed by atoms with E-state index in [9.17, 15) is 4.79 Å². The van der Waals surface area contributed by atoms with Crippen molar-refractivity contribution in [3.8, 4) is 0 Å². The molecule has 2 nitrogen and oxygen atoms in total. The van der Waals surface area contributed by atoms with Crippen LogP contribution in [0.5, 0.6) is 0 Å². The van der Waals surface area contributed by atoms with Gasteiger partial charge in [0.1, 0.15) is 0 Å². The monoisotopic (exact) mass is 243 g/mol. The molecule has 0 radical (unpaired) electrons. The van der Waals surface area contributed by atoms with Crippen LogP contribution in [0, 0.1) is 5.92 Å². The highest BCUT2D eigenvalue weighted by atomic mass is 35.5. The first-order chi connectivity index (χ1) is 7.08. The van der Waals surface area contributed by atoms with Crippen molar-refractivity contribution in [1.29, 1.82) is 0 Å². The molecule has 1 aromatic carbocycles. The Kier molecular flexibility index (Phi) is 4.99. The lowest BCUT2D eigenvalue weighted by molar-refractivity contribution is -0.119. The fourth-order valence-corrected chi connectivity index (χ4v) is 1.96. The van der Waals surface area contributed by atoms with Gasteiger partial charge in [-0.25, -0.2) is 0 Å². The number of hydrogen-bond acceptors (Lipinski definition) is 2. The molecule has 1 aromatic rings. The first-order valence-corrected chi connectivity index (χ1v) is 5.98. The van der Waals surface area contributed by atoms with Gasteiger partial charge < -0.3 is 0 Å². The minimum absolute atomic E-state index is 0.0509. The van der Waals surface area contributed by atoms with Crippen LogP contribution < -0.4 is 4.72 Å². The number of benzene rings is 1. The molecule has 82 valence electrons. The molecule has 0 heterocycles. The average Bonchev–Trinajstić information content (AvgIpc) is 2.14. The van der Waals surface area contributed by atoms with Gasteiger partial charge in [0, 0.05) is 16.3 Å². The highest BCUT2D eigenvalue weighted by molar-refractivity contribution is 7.98. The summed E-state index contributed by atoms with van der Waals surface area (Å²) in [6.07, 6.45) is 0.549. The predicted octanol–water partition coefficient (Wildman–Crippen LogP) is 3.51. The van der Waals surface area contributed by atoms with Crippen molar-refractivity contribution in [2.45, 2.75) is 25.2 Å². The van der Waals surface area contributed by atoms with Crippen LogP contribution >= 0.6 is 23.5 Å². The van der Waals surface area contributed by atoms with Gasteiger partial charge in [0.2, 0.25) is 5.91 Å². The Morgan fingerprint density at radius 3 is 2.87 bits per heavy atom. The summed E-state index contributed by atoms with van der Waals surface area (Å²) in [5, 5.41) is 0.679. The molecule has 1 N–H and O–H groups in total. The topological polar surface area (TPSA) is 29.1 Å². The van der Waals surface area contributed by atoms with Crippen LogP contribution in [0.1, 0.15) is 20.3 Å². The van der Waals surface area contributed by atoms with Crippen molar-refractivity contribution < 1.29 is 4.79 Å². The standard InChI is InChI=1S/C11H14ClNOS/c1-8(2)6-11(14)13-15-10-5-3-4-9(12)7-10/h3-5,7-8H,6H2,1-2H3,(H,13,14). The summed E-state index contributed by atoms with van der Waals surface area (Å²) in [6.45, 7) is 4.03. The zero-order chi connectivity index (χ0) is 11.3. The van der Waals surface area contributed by atoms with E-state index in [1.165, 1.54) is 11.9 Å². The number of carbonyl (C=O) groups is 1. The van der Waals surface area contributed by atoms with Crippen LogP contribution in [0.3, 0.4) is 0 Å². The molecule has 4 heteroatoms. The summed E-state index contributed by atoms with van der Waals surface area (Å²) in [7, 11) is 0. The highest BCUT2D eigenvalue weighted by Gasteiger charge is 2.04. The van der Waals surface area contributed by atoms with Crippen LogP contribution in [0.25, 0.3) is 0 Å².